The van der Waals surface area contributed by atoms with Gasteiger partial charge in [-0.3, -0.25) is 14.4 Å². The molecule has 3 saturated heterocycles. The minimum Gasteiger partial charge on any atom is -0.349 e. The molecule has 1 aromatic rings. The molecule has 4 aliphatic heterocycles. The van der Waals surface area contributed by atoms with Gasteiger partial charge in [-0.1, -0.05) is 11.6 Å². The van der Waals surface area contributed by atoms with E-state index in [4.69, 9.17) is 11.6 Å². The number of hydrogen-bond acceptors (Lipinski definition) is 6. The lowest BCUT2D eigenvalue weighted by Crippen LogP contribution is -2.53. The number of piperidine rings is 2. The van der Waals surface area contributed by atoms with Crippen LogP contribution in [-0.4, -0.2) is 84.9 Å². The third kappa shape index (κ3) is 6.32. The summed E-state index contributed by atoms with van der Waals surface area (Å²) in [7, 11) is -3.55. The largest absolute Gasteiger partial charge is 0.389 e. The van der Waals surface area contributed by atoms with Crippen LogP contribution < -0.4 is 10.6 Å². The van der Waals surface area contributed by atoms with Gasteiger partial charge in [0.2, 0.25) is 10.0 Å². The molecule has 2 atom stereocenters. The lowest BCUT2D eigenvalue weighted by Gasteiger charge is -2.39. The SMILES string of the molecule is O=C1Nc2cc(Cl)c(C(=O)NC3CC4CCC(C3)N4S(=O)(=O)CC3CCN(CCCC(F)(F)F)CC3)cc2C1=O. The van der Waals surface area contributed by atoms with Crippen LogP contribution in [-0.2, 0) is 14.8 Å². The van der Waals surface area contributed by atoms with Crippen molar-refractivity contribution in [2.75, 3.05) is 30.7 Å². The van der Waals surface area contributed by atoms with Gasteiger partial charge in [-0.25, -0.2) is 8.42 Å². The van der Waals surface area contributed by atoms with Gasteiger partial charge >= 0.3 is 6.18 Å². The second-order valence-corrected chi connectivity index (χ2v) is 13.6. The number of anilines is 1. The fraction of sp³-hybridized carbons (Fsp3) is 0.654. The summed E-state index contributed by atoms with van der Waals surface area (Å²) >= 11 is 6.25. The molecule has 2 N–H and O–H groups in total. The van der Waals surface area contributed by atoms with E-state index in [1.807, 2.05) is 4.90 Å². The fourth-order valence-corrected chi connectivity index (χ4v) is 9.22. The van der Waals surface area contributed by atoms with Crippen LogP contribution >= 0.6 is 11.6 Å². The lowest BCUT2D eigenvalue weighted by molar-refractivity contribution is -0.136. The highest BCUT2D eigenvalue weighted by Crippen LogP contribution is 2.39. The van der Waals surface area contributed by atoms with Crippen LogP contribution in [0.4, 0.5) is 18.9 Å². The number of alkyl halides is 3. The number of likely N-dealkylation sites (tertiary alicyclic amines) is 1. The average molecular weight is 605 g/mol. The number of Topliss-reactive ketones (excluding diaryl/α,β-unsaturated/α-hetero) is 1. The normalized spacial score (nSPS) is 26.1. The molecule has 0 aromatic heterocycles. The number of nitrogens with one attached hydrogen (secondary N) is 2. The van der Waals surface area contributed by atoms with E-state index in [0.29, 0.717) is 58.2 Å². The fourth-order valence-electron chi connectivity index (χ4n) is 6.57. The zero-order valence-electron chi connectivity index (χ0n) is 21.8. The molecule has 2 unspecified atom stereocenters. The lowest BCUT2D eigenvalue weighted by atomic mass is 9.98. The zero-order valence-corrected chi connectivity index (χ0v) is 23.4. The molecular weight excluding hydrogens is 573 g/mol. The molecule has 0 aliphatic carbocycles. The van der Waals surface area contributed by atoms with Gasteiger partial charge in [-0.05, 0) is 82.6 Å². The topological polar surface area (TPSA) is 116 Å². The number of rotatable bonds is 8. The Bertz CT molecular complexity index is 1290. The monoisotopic (exact) mass is 604 g/mol. The highest BCUT2D eigenvalue weighted by Gasteiger charge is 2.47. The number of amides is 2. The van der Waals surface area contributed by atoms with Gasteiger partial charge in [0, 0.05) is 24.5 Å². The van der Waals surface area contributed by atoms with Crippen LogP contribution in [0.25, 0.3) is 0 Å². The van der Waals surface area contributed by atoms with Gasteiger partial charge in [0.05, 0.1) is 27.6 Å². The van der Waals surface area contributed by atoms with Crippen LogP contribution in [0.1, 0.15) is 72.1 Å². The molecule has 4 heterocycles. The van der Waals surface area contributed by atoms with Crippen molar-refractivity contribution in [2.45, 2.75) is 75.7 Å². The van der Waals surface area contributed by atoms with Gasteiger partial charge in [-0.2, -0.15) is 17.5 Å². The maximum Gasteiger partial charge on any atom is 0.389 e. The van der Waals surface area contributed by atoms with Crippen LogP contribution in [0.15, 0.2) is 12.1 Å². The van der Waals surface area contributed by atoms with E-state index in [2.05, 4.69) is 10.6 Å². The summed E-state index contributed by atoms with van der Waals surface area (Å²) in [5, 5.41) is 5.45. The molecule has 14 heteroatoms. The van der Waals surface area contributed by atoms with Gasteiger partial charge in [0.15, 0.2) is 0 Å². The van der Waals surface area contributed by atoms with E-state index in [1.54, 1.807) is 4.31 Å². The molecule has 4 aliphatic rings. The summed E-state index contributed by atoms with van der Waals surface area (Å²) in [6, 6.07) is 1.96. The molecule has 0 saturated carbocycles. The van der Waals surface area contributed by atoms with E-state index >= 15 is 0 Å². The minimum absolute atomic E-state index is 0.0267. The first-order valence-corrected chi connectivity index (χ1v) is 15.6. The Labute approximate surface area is 235 Å². The van der Waals surface area contributed by atoms with Crippen LogP contribution in [0.2, 0.25) is 5.02 Å². The first-order chi connectivity index (χ1) is 18.8. The summed E-state index contributed by atoms with van der Waals surface area (Å²) in [5.41, 5.74) is 0.435. The van der Waals surface area contributed by atoms with Crippen molar-refractivity contribution in [2.24, 2.45) is 5.92 Å². The number of carbonyl (C=O) groups is 3. The van der Waals surface area contributed by atoms with Crippen molar-refractivity contribution in [1.29, 1.82) is 0 Å². The molecule has 3 fully saturated rings. The van der Waals surface area contributed by atoms with Crippen LogP contribution in [0.5, 0.6) is 0 Å². The van der Waals surface area contributed by atoms with Crippen molar-refractivity contribution in [3.05, 3.63) is 28.3 Å². The Hall–Kier alpha value is -2.22. The van der Waals surface area contributed by atoms with Crippen molar-refractivity contribution in [3.8, 4) is 0 Å². The summed E-state index contributed by atoms with van der Waals surface area (Å²) in [6.07, 6.45) is -1.31. The Morgan fingerprint density at radius 1 is 1.07 bits per heavy atom. The predicted octanol–water partition coefficient (Wildman–Crippen LogP) is 3.58. The zero-order chi connectivity index (χ0) is 28.8. The number of sulfonamides is 1. The number of fused-ring (bicyclic) bond motifs is 3. The number of halogens is 4. The van der Waals surface area contributed by atoms with E-state index in [1.165, 1.54) is 12.1 Å². The Balaban J connectivity index is 1.14. The number of hydrogen-bond donors (Lipinski definition) is 2. The molecule has 9 nitrogen and oxygen atoms in total. The predicted molar refractivity (Wildman–Crippen MR) is 142 cm³/mol. The molecular formula is C26H32ClF3N4O5S. The first kappa shape index (κ1) is 29.3. The van der Waals surface area contributed by atoms with E-state index in [9.17, 15) is 36.0 Å². The molecule has 0 radical (unpaired) electrons. The van der Waals surface area contributed by atoms with Gasteiger partial charge in [-0.15, -0.1) is 0 Å². The highest BCUT2D eigenvalue weighted by atomic mass is 35.5. The maximum absolute atomic E-state index is 13.5. The number of ketones is 1. The molecule has 2 amide bonds. The summed E-state index contributed by atoms with van der Waals surface area (Å²) in [5.74, 6) is -2.00. The van der Waals surface area contributed by atoms with Crippen molar-refractivity contribution in [3.63, 3.8) is 0 Å². The Morgan fingerprint density at radius 2 is 1.73 bits per heavy atom. The average Bonchev–Trinajstić information content (AvgIpc) is 3.31. The Kier molecular flexibility index (Phi) is 8.21. The molecule has 40 heavy (non-hydrogen) atoms. The van der Waals surface area contributed by atoms with Crippen LogP contribution in [0, 0.1) is 5.92 Å². The van der Waals surface area contributed by atoms with Gasteiger partial charge in [0.1, 0.15) is 0 Å². The third-order valence-electron chi connectivity index (χ3n) is 8.46. The quantitative estimate of drug-likeness (QED) is 0.438. The summed E-state index contributed by atoms with van der Waals surface area (Å²) in [6.45, 7) is 1.56. The number of benzene rings is 1. The van der Waals surface area contributed by atoms with Crippen molar-refractivity contribution in [1.82, 2.24) is 14.5 Å². The van der Waals surface area contributed by atoms with Gasteiger partial charge < -0.3 is 15.5 Å². The van der Waals surface area contributed by atoms with Crippen molar-refractivity contribution < 1.29 is 36.0 Å². The number of nitrogens with zero attached hydrogens (tertiary/aromatic N) is 2. The van der Waals surface area contributed by atoms with E-state index in [0.717, 1.165) is 0 Å². The molecule has 0 spiro atoms. The van der Waals surface area contributed by atoms with E-state index in [-0.39, 0.29) is 58.1 Å². The maximum atomic E-state index is 13.5. The second-order valence-electron chi connectivity index (χ2n) is 11.3. The standard InChI is InChI=1S/C26H32ClF3N4O5S/c27-21-13-22-20(23(35)25(37)32-22)12-19(21)24(36)31-16-10-17-2-3-18(11-16)34(17)40(38,39)14-15-4-8-33(9-5-15)7-1-6-26(28,29)30/h12-13,15-18H,1-11,14H2,(H,31,36)(H,32,35,37). The van der Waals surface area contributed by atoms with Crippen LogP contribution in [0.3, 0.4) is 0 Å². The smallest absolute Gasteiger partial charge is 0.349 e. The molecule has 220 valence electrons. The summed E-state index contributed by atoms with van der Waals surface area (Å²) < 4.78 is 65.8. The molecule has 5 rings (SSSR count). The minimum atomic E-state index is -4.16. The first-order valence-electron chi connectivity index (χ1n) is 13.6. The van der Waals surface area contributed by atoms with Crippen molar-refractivity contribution >= 4 is 44.9 Å². The number of carbonyl (C=O) groups excluding carboxylic acids is 3. The second kappa shape index (κ2) is 11.2. The third-order valence-corrected chi connectivity index (χ3v) is 10.9. The summed E-state index contributed by atoms with van der Waals surface area (Å²) in [4.78, 5) is 38.7. The Morgan fingerprint density at radius 3 is 2.35 bits per heavy atom. The highest BCUT2D eigenvalue weighted by molar-refractivity contribution is 7.89. The van der Waals surface area contributed by atoms with E-state index < -0.39 is 40.2 Å². The molecule has 2 bridgehead atoms. The molecule has 1 aromatic carbocycles. The van der Waals surface area contributed by atoms with Gasteiger partial charge in [0.25, 0.3) is 17.6 Å².